The highest BCUT2D eigenvalue weighted by Crippen LogP contribution is 2.25. The Hall–Kier alpha value is -2.30. The number of carboxylic acids is 1. The first-order chi connectivity index (χ1) is 11.2. The van der Waals surface area contributed by atoms with E-state index >= 15 is 0 Å². The van der Waals surface area contributed by atoms with Gasteiger partial charge in [-0.1, -0.05) is 18.2 Å². The van der Waals surface area contributed by atoms with Crippen molar-refractivity contribution in [2.75, 3.05) is 0 Å². The Balaban J connectivity index is 2.37. The normalized spacial score (nSPS) is 12.9. The Kier molecular flexibility index (Phi) is 5.32. The molecule has 24 heavy (non-hydrogen) atoms. The summed E-state index contributed by atoms with van der Waals surface area (Å²) in [5.41, 5.74) is 0.325. The van der Waals surface area contributed by atoms with Crippen molar-refractivity contribution >= 4 is 33.0 Å². The van der Waals surface area contributed by atoms with Crippen molar-refractivity contribution in [1.29, 1.82) is 0 Å². The van der Waals surface area contributed by atoms with Gasteiger partial charge in [0.05, 0.1) is 4.92 Å². The standard InChI is InChI=1S/C14H14N2O6S2/c1-10(14(17)18)15(24(21,22)13-3-2-8-23-13)9-11-4-6-12(7-5-11)16(19)20/h2-8,10H,9H2,1H3,(H,17,18)/t10-/m0/s1. The first-order valence-electron chi connectivity index (χ1n) is 6.75. The maximum atomic E-state index is 12.7. The fourth-order valence-electron chi connectivity index (χ4n) is 1.98. The van der Waals surface area contributed by atoms with E-state index < -0.39 is 27.0 Å². The quantitative estimate of drug-likeness (QED) is 0.590. The molecular weight excluding hydrogens is 356 g/mol. The summed E-state index contributed by atoms with van der Waals surface area (Å²) in [5, 5.41) is 21.5. The molecule has 2 aromatic rings. The molecule has 0 fully saturated rings. The average Bonchev–Trinajstić information content (AvgIpc) is 3.07. The van der Waals surface area contributed by atoms with E-state index in [1.807, 2.05) is 0 Å². The maximum Gasteiger partial charge on any atom is 0.321 e. The first kappa shape index (κ1) is 18.0. The number of carboxylic acid groups (broad SMARTS) is 1. The highest BCUT2D eigenvalue weighted by molar-refractivity contribution is 7.91. The Morgan fingerprint density at radius 3 is 2.42 bits per heavy atom. The minimum Gasteiger partial charge on any atom is -0.480 e. The van der Waals surface area contributed by atoms with Crippen molar-refractivity contribution in [3.05, 3.63) is 57.5 Å². The van der Waals surface area contributed by atoms with Crippen LogP contribution in [0.5, 0.6) is 0 Å². The fourth-order valence-corrected chi connectivity index (χ4v) is 4.68. The van der Waals surface area contributed by atoms with Gasteiger partial charge in [-0.05, 0) is 23.9 Å². The van der Waals surface area contributed by atoms with Gasteiger partial charge in [0.2, 0.25) is 0 Å². The van der Waals surface area contributed by atoms with Gasteiger partial charge in [-0.2, -0.15) is 4.31 Å². The first-order valence-corrected chi connectivity index (χ1v) is 9.07. The number of nitro benzene ring substituents is 1. The maximum absolute atomic E-state index is 12.7. The third kappa shape index (κ3) is 3.78. The summed E-state index contributed by atoms with van der Waals surface area (Å²) < 4.78 is 26.3. The number of nitrogens with zero attached hydrogens (tertiary/aromatic N) is 2. The third-order valence-electron chi connectivity index (χ3n) is 3.33. The van der Waals surface area contributed by atoms with Crippen molar-refractivity contribution in [1.82, 2.24) is 4.31 Å². The molecule has 0 amide bonds. The molecular formula is C14H14N2O6S2. The van der Waals surface area contributed by atoms with Crippen LogP contribution in [0.3, 0.4) is 0 Å². The lowest BCUT2D eigenvalue weighted by molar-refractivity contribution is -0.384. The zero-order valence-electron chi connectivity index (χ0n) is 12.5. The molecule has 0 saturated heterocycles. The number of aliphatic carboxylic acids is 1. The number of benzene rings is 1. The van der Waals surface area contributed by atoms with Crippen LogP contribution >= 0.6 is 11.3 Å². The number of hydrogen-bond donors (Lipinski definition) is 1. The van der Waals surface area contributed by atoms with E-state index in [0.717, 1.165) is 15.6 Å². The van der Waals surface area contributed by atoms with Gasteiger partial charge in [0, 0.05) is 18.7 Å². The minimum atomic E-state index is -3.99. The smallest absolute Gasteiger partial charge is 0.321 e. The fraction of sp³-hybridized carbons (Fsp3) is 0.214. The zero-order chi connectivity index (χ0) is 17.9. The molecule has 0 aliphatic heterocycles. The lowest BCUT2D eigenvalue weighted by Crippen LogP contribution is -2.42. The molecule has 8 nitrogen and oxygen atoms in total. The summed E-state index contributed by atoms with van der Waals surface area (Å²) in [6.07, 6.45) is 0. The molecule has 10 heteroatoms. The number of thiophene rings is 1. The van der Waals surface area contributed by atoms with E-state index in [0.29, 0.717) is 5.56 Å². The van der Waals surface area contributed by atoms with Crippen LogP contribution in [0.1, 0.15) is 12.5 Å². The van der Waals surface area contributed by atoms with E-state index in [1.54, 1.807) is 11.4 Å². The number of nitro groups is 1. The number of rotatable bonds is 7. The Bertz CT molecular complexity index is 831. The molecule has 0 saturated carbocycles. The number of sulfonamides is 1. The summed E-state index contributed by atoms with van der Waals surface area (Å²) >= 11 is 0.992. The van der Waals surface area contributed by atoms with E-state index in [-0.39, 0.29) is 16.4 Å². The van der Waals surface area contributed by atoms with Gasteiger partial charge < -0.3 is 5.11 Å². The van der Waals surface area contributed by atoms with Crippen LogP contribution in [0.15, 0.2) is 46.0 Å². The van der Waals surface area contributed by atoms with Gasteiger partial charge in [-0.15, -0.1) is 11.3 Å². The molecule has 0 bridgehead atoms. The predicted octanol–water partition coefficient (Wildman–Crippen LogP) is 2.32. The van der Waals surface area contributed by atoms with Gasteiger partial charge in [0.25, 0.3) is 15.7 Å². The van der Waals surface area contributed by atoms with E-state index in [1.165, 1.54) is 37.3 Å². The van der Waals surface area contributed by atoms with Crippen LogP contribution in [0.25, 0.3) is 0 Å². The Morgan fingerprint density at radius 2 is 1.96 bits per heavy atom. The van der Waals surface area contributed by atoms with Gasteiger partial charge in [-0.25, -0.2) is 8.42 Å². The molecule has 0 aliphatic carbocycles. The molecule has 0 radical (unpaired) electrons. The molecule has 0 unspecified atom stereocenters. The monoisotopic (exact) mass is 370 g/mol. The summed E-state index contributed by atoms with van der Waals surface area (Å²) in [5.74, 6) is -1.28. The summed E-state index contributed by atoms with van der Waals surface area (Å²) in [7, 11) is -3.99. The molecule has 2 rings (SSSR count). The average molecular weight is 370 g/mol. The second kappa shape index (κ2) is 7.07. The lowest BCUT2D eigenvalue weighted by Gasteiger charge is -2.25. The summed E-state index contributed by atoms with van der Waals surface area (Å²) in [4.78, 5) is 21.4. The van der Waals surface area contributed by atoms with Crippen LogP contribution in [0.2, 0.25) is 0 Å². The summed E-state index contributed by atoms with van der Waals surface area (Å²) in [6, 6.07) is 6.98. The van der Waals surface area contributed by atoms with Crippen molar-refractivity contribution in [2.45, 2.75) is 23.7 Å². The highest BCUT2D eigenvalue weighted by atomic mass is 32.2. The van der Waals surface area contributed by atoms with Crippen molar-refractivity contribution in [2.24, 2.45) is 0 Å². The van der Waals surface area contributed by atoms with E-state index in [9.17, 15) is 28.4 Å². The molecule has 1 N–H and O–H groups in total. The minimum absolute atomic E-state index is 0.0394. The molecule has 1 atom stereocenters. The number of non-ortho nitro benzene ring substituents is 1. The van der Waals surface area contributed by atoms with E-state index in [2.05, 4.69) is 0 Å². The summed E-state index contributed by atoms with van der Waals surface area (Å²) in [6.45, 7) is 1.07. The van der Waals surface area contributed by atoms with Crippen LogP contribution in [0, 0.1) is 10.1 Å². The van der Waals surface area contributed by atoms with E-state index in [4.69, 9.17) is 0 Å². The predicted molar refractivity (Wildman–Crippen MR) is 87.2 cm³/mol. The zero-order valence-corrected chi connectivity index (χ0v) is 14.2. The molecule has 128 valence electrons. The van der Waals surface area contributed by atoms with Gasteiger partial charge >= 0.3 is 5.97 Å². The number of carbonyl (C=O) groups is 1. The molecule has 1 heterocycles. The van der Waals surface area contributed by atoms with Crippen molar-refractivity contribution < 1.29 is 23.2 Å². The molecule has 1 aromatic carbocycles. The second-order valence-corrected chi connectivity index (χ2v) is 7.99. The second-order valence-electron chi connectivity index (χ2n) is 4.92. The molecule has 1 aromatic heterocycles. The van der Waals surface area contributed by atoms with Gasteiger partial charge in [0.15, 0.2) is 0 Å². The molecule has 0 aliphatic rings. The van der Waals surface area contributed by atoms with Crippen LogP contribution in [-0.2, 0) is 21.4 Å². The van der Waals surface area contributed by atoms with Crippen LogP contribution < -0.4 is 0 Å². The third-order valence-corrected chi connectivity index (χ3v) is 6.62. The highest BCUT2D eigenvalue weighted by Gasteiger charge is 2.33. The Morgan fingerprint density at radius 1 is 1.33 bits per heavy atom. The van der Waals surface area contributed by atoms with Gasteiger partial charge in [0.1, 0.15) is 10.3 Å². The van der Waals surface area contributed by atoms with Crippen LogP contribution in [-0.4, -0.2) is 34.8 Å². The number of hydrogen-bond acceptors (Lipinski definition) is 6. The van der Waals surface area contributed by atoms with Crippen molar-refractivity contribution in [3.8, 4) is 0 Å². The largest absolute Gasteiger partial charge is 0.480 e. The van der Waals surface area contributed by atoms with Crippen LogP contribution in [0.4, 0.5) is 5.69 Å². The topological polar surface area (TPSA) is 118 Å². The van der Waals surface area contributed by atoms with Gasteiger partial charge in [-0.3, -0.25) is 14.9 Å². The lowest BCUT2D eigenvalue weighted by atomic mass is 10.2. The van der Waals surface area contributed by atoms with Crippen molar-refractivity contribution in [3.63, 3.8) is 0 Å². The SMILES string of the molecule is C[C@@H](C(=O)O)N(Cc1ccc([N+](=O)[O-])cc1)S(=O)(=O)c1cccs1. The molecule has 0 spiro atoms. The Labute approximate surface area is 142 Å².